The molecule has 4 heteroatoms. The third-order valence-corrected chi connectivity index (χ3v) is 2.78. The first-order chi connectivity index (χ1) is 9.29. The fourth-order valence-electron chi connectivity index (χ4n) is 1.70. The Morgan fingerprint density at radius 3 is 3.05 bits per heavy atom. The molecule has 0 amide bonds. The van der Waals surface area contributed by atoms with Crippen molar-refractivity contribution < 1.29 is 4.74 Å². The molecule has 3 nitrogen and oxygen atoms in total. The van der Waals surface area contributed by atoms with Crippen LogP contribution in [0.15, 0.2) is 36.7 Å². The van der Waals surface area contributed by atoms with Crippen molar-refractivity contribution in [3.63, 3.8) is 0 Å². The fraction of sp³-hybridized carbons (Fsp3) is 0.267. The summed E-state index contributed by atoms with van der Waals surface area (Å²) >= 11 is 5.53. The van der Waals surface area contributed by atoms with Crippen LogP contribution in [0, 0.1) is 11.8 Å². The Labute approximate surface area is 118 Å². The molecule has 98 valence electrons. The van der Waals surface area contributed by atoms with E-state index in [-0.39, 0.29) is 0 Å². The van der Waals surface area contributed by atoms with Gasteiger partial charge in [-0.15, -0.1) is 11.6 Å². The molecule has 0 atom stereocenters. The van der Waals surface area contributed by atoms with Crippen molar-refractivity contribution in [2.75, 3.05) is 12.5 Å². The van der Waals surface area contributed by atoms with Crippen molar-refractivity contribution in [3.8, 4) is 17.6 Å². The molecule has 0 aliphatic carbocycles. The van der Waals surface area contributed by atoms with E-state index in [2.05, 4.69) is 16.8 Å². The molecule has 0 aliphatic heterocycles. The van der Waals surface area contributed by atoms with Crippen molar-refractivity contribution in [2.24, 2.45) is 7.05 Å². The lowest BCUT2D eigenvalue weighted by molar-refractivity contribution is 0.317. The molecule has 2 aromatic rings. The fourth-order valence-corrected chi connectivity index (χ4v) is 1.76. The van der Waals surface area contributed by atoms with E-state index in [9.17, 15) is 0 Å². The van der Waals surface area contributed by atoms with E-state index in [1.54, 1.807) is 6.20 Å². The van der Waals surface area contributed by atoms with Crippen LogP contribution in [-0.2, 0) is 13.5 Å². The quantitative estimate of drug-likeness (QED) is 0.633. The second kappa shape index (κ2) is 6.86. The molecule has 0 saturated heterocycles. The number of imidazole rings is 1. The van der Waals surface area contributed by atoms with Crippen LogP contribution in [0.3, 0.4) is 0 Å². The molecular formula is C15H15ClN2O. The topological polar surface area (TPSA) is 27.1 Å². The van der Waals surface area contributed by atoms with E-state index in [0.29, 0.717) is 12.5 Å². The molecule has 2 rings (SSSR count). The highest BCUT2D eigenvalue weighted by atomic mass is 35.5. The number of alkyl halides is 1. The SMILES string of the molecule is Cn1ccnc1CCOc1cccc(C#CCCl)c1. The van der Waals surface area contributed by atoms with Gasteiger partial charge in [0.15, 0.2) is 0 Å². The number of aromatic nitrogens is 2. The number of hydrogen-bond donors (Lipinski definition) is 0. The largest absolute Gasteiger partial charge is 0.493 e. The van der Waals surface area contributed by atoms with E-state index in [4.69, 9.17) is 16.3 Å². The standard InChI is InChI=1S/C15H15ClN2O/c1-18-10-9-17-15(18)7-11-19-14-6-2-4-13(12-14)5-3-8-16/h2,4,6,9-10,12H,7-8,11H2,1H3. The van der Waals surface area contributed by atoms with Crippen LogP contribution in [-0.4, -0.2) is 22.0 Å². The number of hydrogen-bond acceptors (Lipinski definition) is 2. The lowest BCUT2D eigenvalue weighted by Gasteiger charge is -2.06. The molecule has 0 N–H and O–H groups in total. The zero-order chi connectivity index (χ0) is 13.5. The van der Waals surface area contributed by atoms with E-state index in [1.165, 1.54) is 0 Å². The summed E-state index contributed by atoms with van der Waals surface area (Å²) in [6.07, 6.45) is 4.50. The van der Waals surface area contributed by atoms with Gasteiger partial charge in [0.25, 0.3) is 0 Å². The third kappa shape index (κ3) is 4.04. The van der Waals surface area contributed by atoms with Gasteiger partial charge in [-0.1, -0.05) is 17.9 Å². The first-order valence-electron chi connectivity index (χ1n) is 6.03. The Kier molecular flexibility index (Phi) is 4.88. The summed E-state index contributed by atoms with van der Waals surface area (Å²) in [5.74, 6) is 7.96. The first kappa shape index (κ1) is 13.5. The summed E-state index contributed by atoms with van der Waals surface area (Å²) in [7, 11) is 1.98. The number of nitrogens with zero attached hydrogens (tertiary/aromatic N) is 2. The maximum Gasteiger partial charge on any atom is 0.120 e. The van der Waals surface area contributed by atoms with Crippen LogP contribution < -0.4 is 4.74 Å². The van der Waals surface area contributed by atoms with Crippen LogP contribution in [0.1, 0.15) is 11.4 Å². The van der Waals surface area contributed by atoms with Crippen molar-refractivity contribution in [3.05, 3.63) is 48.0 Å². The number of ether oxygens (including phenoxy) is 1. The minimum absolute atomic E-state index is 0.338. The number of benzene rings is 1. The molecule has 0 unspecified atom stereocenters. The Morgan fingerprint density at radius 2 is 2.32 bits per heavy atom. The highest BCUT2D eigenvalue weighted by molar-refractivity contribution is 6.19. The summed E-state index contributed by atoms with van der Waals surface area (Å²) in [6, 6.07) is 7.70. The Hall–Kier alpha value is -1.92. The summed E-state index contributed by atoms with van der Waals surface area (Å²) in [5.41, 5.74) is 0.912. The van der Waals surface area contributed by atoms with E-state index >= 15 is 0 Å². The predicted molar refractivity (Wildman–Crippen MR) is 76.4 cm³/mol. The molecule has 0 aliphatic rings. The summed E-state index contributed by atoms with van der Waals surface area (Å²) in [4.78, 5) is 4.25. The Bertz CT molecular complexity index is 595. The van der Waals surface area contributed by atoms with Crippen molar-refractivity contribution in [1.29, 1.82) is 0 Å². The molecule has 0 fully saturated rings. The van der Waals surface area contributed by atoms with Crippen LogP contribution in [0.5, 0.6) is 5.75 Å². The lowest BCUT2D eigenvalue weighted by Crippen LogP contribution is -2.06. The average Bonchev–Trinajstić information content (AvgIpc) is 2.83. The Balaban J connectivity index is 1.91. The summed E-state index contributed by atoms with van der Waals surface area (Å²) in [5, 5.41) is 0. The molecule has 0 radical (unpaired) electrons. The molecule has 0 bridgehead atoms. The van der Waals surface area contributed by atoms with Gasteiger partial charge in [0, 0.05) is 31.4 Å². The van der Waals surface area contributed by atoms with Gasteiger partial charge in [0.2, 0.25) is 0 Å². The maximum atomic E-state index is 5.70. The zero-order valence-corrected chi connectivity index (χ0v) is 11.5. The lowest BCUT2D eigenvalue weighted by atomic mass is 10.2. The van der Waals surface area contributed by atoms with E-state index < -0.39 is 0 Å². The minimum atomic E-state index is 0.338. The highest BCUT2D eigenvalue weighted by Gasteiger charge is 2.00. The molecular weight excluding hydrogens is 260 g/mol. The van der Waals surface area contributed by atoms with Gasteiger partial charge >= 0.3 is 0 Å². The molecule has 1 heterocycles. The van der Waals surface area contributed by atoms with Crippen molar-refractivity contribution >= 4 is 11.6 Å². The van der Waals surface area contributed by atoms with Gasteiger partial charge in [0.1, 0.15) is 11.6 Å². The van der Waals surface area contributed by atoms with Gasteiger partial charge in [-0.2, -0.15) is 0 Å². The first-order valence-corrected chi connectivity index (χ1v) is 6.57. The van der Waals surface area contributed by atoms with Crippen LogP contribution in [0.25, 0.3) is 0 Å². The van der Waals surface area contributed by atoms with Gasteiger partial charge < -0.3 is 9.30 Å². The van der Waals surface area contributed by atoms with E-state index in [0.717, 1.165) is 23.6 Å². The zero-order valence-electron chi connectivity index (χ0n) is 10.8. The normalized spacial score (nSPS) is 9.79. The van der Waals surface area contributed by atoms with Crippen LogP contribution in [0.2, 0.25) is 0 Å². The number of rotatable bonds is 4. The maximum absolute atomic E-state index is 5.70. The van der Waals surface area contributed by atoms with Crippen molar-refractivity contribution in [1.82, 2.24) is 9.55 Å². The summed E-state index contributed by atoms with van der Waals surface area (Å²) in [6.45, 7) is 0.594. The third-order valence-electron chi connectivity index (χ3n) is 2.65. The van der Waals surface area contributed by atoms with Gasteiger partial charge in [-0.05, 0) is 18.2 Å². The molecule has 0 saturated carbocycles. The smallest absolute Gasteiger partial charge is 0.120 e. The van der Waals surface area contributed by atoms with Crippen LogP contribution in [0.4, 0.5) is 0 Å². The number of aryl methyl sites for hydroxylation is 1. The van der Waals surface area contributed by atoms with Gasteiger partial charge in [0.05, 0.1) is 12.5 Å². The second-order valence-corrected chi connectivity index (χ2v) is 4.28. The minimum Gasteiger partial charge on any atom is -0.493 e. The van der Waals surface area contributed by atoms with Gasteiger partial charge in [-0.25, -0.2) is 4.98 Å². The van der Waals surface area contributed by atoms with Gasteiger partial charge in [-0.3, -0.25) is 0 Å². The average molecular weight is 275 g/mol. The Morgan fingerprint density at radius 1 is 1.42 bits per heavy atom. The monoisotopic (exact) mass is 274 g/mol. The molecule has 0 spiro atoms. The van der Waals surface area contributed by atoms with E-state index in [1.807, 2.05) is 42.1 Å². The second-order valence-electron chi connectivity index (χ2n) is 4.02. The van der Waals surface area contributed by atoms with Crippen molar-refractivity contribution in [2.45, 2.75) is 6.42 Å². The predicted octanol–water partition coefficient (Wildman–Crippen LogP) is 2.63. The number of halogens is 1. The summed E-state index contributed by atoms with van der Waals surface area (Å²) < 4.78 is 7.69. The highest BCUT2D eigenvalue weighted by Crippen LogP contribution is 2.13. The molecule has 1 aromatic heterocycles. The van der Waals surface area contributed by atoms with Crippen LogP contribution >= 0.6 is 11.6 Å². The molecule has 1 aromatic carbocycles. The molecule has 19 heavy (non-hydrogen) atoms.